The molecule has 0 aliphatic heterocycles. The summed E-state index contributed by atoms with van der Waals surface area (Å²) in [5.41, 5.74) is 1.81. The van der Waals surface area contributed by atoms with Crippen LogP contribution in [-0.4, -0.2) is 24.8 Å². The van der Waals surface area contributed by atoms with Crippen molar-refractivity contribution in [1.82, 2.24) is 9.88 Å². The molecule has 20 heavy (non-hydrogen) atoms. The molecule has 0 unspecified atom stereocenters. The lowest BCUT2D eigenvalue weighted by Crippen LogP contribution is -2.20. The summed E-state index contributed by atoms with van der Waals surface area (Å²) in [7, 11) is 1.68. The van der Waals surface area contributed by atoms with E-state index < -0.39 is 0 Å². The summed E-state index contributed by atoms with van der Waals surface area (Å²) in [6.07, 6.45) is 1.97. The van der Waals surface area contributed by atoms with Crippen LogP contribution in [0.4, 0.5) is 4.39 Å². The molecule has 0 saturated carbocycles. The highest BCUT2D eigenvalue weighted by Crippen LogP contribution is 2.17. The van der Waals surface area contributed by atoms with Crippen molar-refractivity contribution in [2.45, 2.75) is 13.1 Å². The standard InChI is InChI=1S/C15H18BrFN2O/c1-20-8-6-18-10-14-3-2-7-19(14)11-12-4-5-13(16)9-15(12)17/h2-5,7,9,18H,6,8,10-11H2,1H3. The Bertz CT molecular complexity index is 557. The topological polar surface area (TPSA) is 26.2 Å². The fourth-order valence-corrected chi connectivity index (χ4v) is 2.32. The summed E-state index contributed by atoms with van der Waals surface area (Å²) < 4.78 is 21.6. The number of halogens is 2. The van der Waals surface area contributed by atoms with Crippen LogP contribution in [0.1, 0.15) is 11.3 Å². The number of nitrogens with zero attached hydrogens (tertiary/aromatic N) is 1. The van der Waals surface area contributed by atoms with Gasteiger partial charge in [-0.05, 0) is 24.3 Å². The van der Waals surface area contributed by atoms with Gasteiger partial charge in [0.1, 0.15) is 5.82 Å². The van der Waals surface area contributed by atoms with Crippen molar-refractivity contribution in [3.63, 3.8) is 0 Å². The molecule has 0 radical (unpaired) electrons. The summed E-state index contributed by atoms with van der Waals surface area (Å²) in [5, 5.41) is 3.29. The molecule has 1 N–H and O–H groups in total. The van der Waals surface area contributed by atoms with Gasteiger partial charge in [-0.15, -0.1) is 0 Å². The third kappa shape index (κ3) is 4.16. The van der Waals surface area contributed by atoms with Gasteiger partial charge in [0.05, 0.1) is 13.2 Å². The van der Waals surface area contributed by atoms with Gasteiger partial charge in [-0.1, -0.05) is 22.0 Å². The molecular weight excluding hydrogens is 323 g/mol. The summed E-state index contributed by atoms with van der Waals surface area (Å²) >= 11 is 3.27. The highest BCUT2D eigenvalue weighted by atomic mass is 79.9. The zero-order chi connectivity index (χ0) is 14.4. The van der Waals surface area contributed by atoms with Crippen molar-refractivity contribution in [1.29, 1.82) is 0 Å². The Morgan fingerprint density at radius 3 is 2.95 bits per heavy atom. The number of hydrogen-bond acceptors (Lipinski definition) is 2. The zero-order valence-corrected chi connectivity index (χ0v) is 13.0. The Morgan fingerprint density at radius 1 is 1.35 bits per heavy atom. The van der Waals surface area contributed by atoms with Crippen LogP contribution in [0.5, 0.6) is 0 Å². The van der Waals surface area contributed by atoms with E-state index in [0.29, 0.717) is 18.7 Å². The van der Waals surface area contributed by atoms with E-state index in [4.69, 9.17) is 4.74 Å². The number of nitrogens with one attached hydrogen (secondary N) is 1. The van der Waals surface area contributed by atoms with Crippen molar-refractivity contribution in [2.24, 2.45) is 0 Å². The molecule has 0 atom stereocenters. The number of hydrogen-bond donors (Lipinski definition) is 1. The molecule has 0 aliphatic carbocycles. The van der Waals surface area contributed by atoms with E-state index in [0.717, 1.165) is 23.3 Å². The van der Waals surface area contributed by atoms with Gasteiger partial charge in [-0.2, -0.15) is 0 Å². The largest absolute Gasteiger partial charge is 0.383 e. The first-order valence-electron chi connectivity index (χ1n) is 6.48. The minimum Gasteiger partial charge on any atom is -0.383 e. The third-order valence-corrected chi connectivity index (χ3v) is 3.56. The van der Waals surface area contributed by atoms with Gasteiger partial charge in [0.15, 0.2) is 0 Å². The molecule has 0 aliphatic rings. The first kappa shape index (κ1) is 15.2. The molecule has 0 amide bonds. The summed E-state index contributed by atoms with van der Waals surface area (Å²) in [4.78, 5) is 0. The second-order valence-corrected chi connectivity index (χ2v) is 5.45. The monoisotopic (exact) mass is 340 g/mol. The first-order chi connectivity index (χ1) is 9.70. The normalized spacial score (nSPS) is 10.9. The number of methoxy groups -OCH3 is 1. The average molecular weight is 341 g/mol. The number of aromatic nitrogens is 1. The molecule has 0 fully saturated rings. The quantitative estimate of drug-likeness (QED) is 0.783. The van der Waals surface area contributed by atoms with E-state index in [1.165, 1.54) is 6.07 Å². The molecular formula is C15H18BrFN2O. The lowest BCUT2D eigenvalue weighted by molar-refractivity contribution is 0.199. The van der Waals surface area contributed by atoms with Crippen molar-refractivity contribution in [2.75, 3.05) is 20.3 Å². The number of ether oxygens (including phenoxy) is 1. The predicted octanol–water partition coefficient (Wildman–Crippen LogP) is 3.17. The molecule has 1 heterocycles. The average Bonchev–Trinajstić information content (AvgIpc) is 2.85. The second-order valence-electron chi connectivity index (χ2n) is 4.53. The van der Waals surface area contributed by atoms with Gasteiger partial charge in [0.25, 0.3) is 0 Å². The predicted molar refractivity (Wildman–Crippen MR) is 81.2 cm³/mol. The van der Waals surface area contributed by atoms with Gasteiger partial charge in [-0.3, -0.25) is 0 Å². The lowest BCUT2D eigenvalue weighted by Gasteiger charge is -2.11. The summed E-state index contributed by atoms with van der Waals surface area (Å²) in [6.45, 7) is 2.76. The van der Waals surface area contributed by atoms with E-state index in [1.807, 2.05) is 35.0 Å². The molecule has 2 rings (SSSR count). The zero-order valence-electron chi connectivity index (χ0n) is 11.4. The van der Waals surface area contributed by atoms with E-state index in [2.05, 4.69) is 21.2 Å². The van der Waals surface area contributed by atoms with Crippen LogP contribution in [0.15, 0.2) is 41.0 Å². The highest BCUT2D eigenvalue weighted by Gasteiger charge is 2.06. The van der Waals surface area contributed by atoms with Crippen molar-refractivity contribution < 1.29 is 9.13 Å². The Morgan fingerprint density at radius 2 is 2.20 bits per heavy atom. The summed E-state index contributed by atoms with van der Waals surface area (Å²) in [5.74, 6) is -0.189. The van der Waals surface area contributed by atoms with Crippen molar-refractivity contribution >= 4 is 15.9 Å². The molecule has 5 heteroatoms. The maximum absolute atomic E-state index is 13.9. The minimum atomic E-state index is -0.189. The van der Waals surface area contributed by atoms with E-state index >= 15 is 0 Å². The Kier molecular flexibility index (Phi) is 5.76. The highest BCUT2D eigenvalue weighted by molar-refractivity contribution is 9.10. The van der Waals surface area contributed by atoms with Crippen LogP contribution in [0, 0.1) is 5.82 Å². The fourth-order valence-electron chi connectivity index (χ4n) is 1.99. The SMILES string of the molecule is COCCNCc1cccn1Cc1ccc(Br)cc1F. The van der Waals surface area contributed by atoms with Crippen LogP contribution in [0.3, 0.4) is 0 Å². The maximum atomic E-state index is 13.9. The molecule has 2 aromatic rings. The Hall–Kier alpha value is -1.17. The van der Waals surface area contributed by atoms with Crippen LogP contribution >= 0.6 is 15.9 Å². The minimum absolute atomic E-state index is 0.189. The van der Waals surface area contributed by atoms with Crippen LogP contribution < -0.4 is 5.32 Å². The molecule has 1 aromatic carbocycles. The maximum Gasteiger partial charge on any atom is 0.129 e. The number of rotatable bonds is 7. The van der Waals surface area contributed by atoms with Gasteiger partial charge in [-0.25, -0.2) is 4.39 Å². The van der Waals surface area contributed by atoms with E-state index in [-0.39, 0.29) is 5.82 Å². The molecule has 108 valence electrons. The number of benzene rings is 1. The second kappa shape index (κ2) is 7.57. The molecule has 0 spiro atoms. The molecule has 0 bridgehead atoms. The van der Waals surface area contributed by atoms with E-state index in [9.17, 15) is 4.39 Å². The van der Waals surface area contributed by atoms with Crippen LogP contribution in [0.2, 0.25) is 0 Å². The van der Waals surface area contributed by atoms with Crippen LogP contribution in [-0.2, 0) is 17.8 Å². The Balaban J connectivity index is 2.01. The van der Waals surface area contributed by atoms with Gasteiger partial charge in [0, 0.05) is 42.1 Å². The van der Waals surface area contributed by atoms with Crippen molar-refractivity contribution in [3.05, 3.63) is 58.1 Å². The fraction of sp³-hybridized carbons (Fsp3) is 0.333. The van der Waals surface area contributed by atoms with E-state index in [1.54, 1.807) is 7.11 Å². The molecule has 1 aromatic heterocycles. The summed E-state index contributed by atoms with van der Waals surface area (Å²) in [6, 6.07) is 9.18. The first-order valence-corrected chi connectivity index (χ1v) is 7.27. The lowest BCUT2D eigenvalue weighted by atomic mass is 10.2. The smallest absolute Gasteiger partial charge is 0.129 e. The van der Waals surface area contributed by atoms with Gasteiger partial charge >= 0.3 is 0 Å². The van der Waals surface area contributed by atoms with Gasteiger partial charge in [0.2, 0.25) is 0 Å². The Labute approximate surface area is 126 Å². The molecule has 3 nitrogen and oxygen atoms in total. The van der Waals surface area contributed by atoms with Crippen molar-refractivity contribution in [3.8, 4) is 0 Å². The van der Waals surface area contributed by atoms with Crippen LogP contribution in [0.25, 0.3) is 0 Å². The van der Waals surface area contributed by atoms with Gasteiger partial charge < -0.3 is 14.6 Å². The molecule has 0 saturated heterocycles. The third-order valence-electron chi connectivity index (χ3n) is 3.07.